The Labute approximate surface area is 118 Å². The predicted octanol–water partition coefficient (Wildman–Crippen LogP) is 2.07. The van der Waals surface area contributed by atoms with Crippen LogP contribution in [-0.4, -0.2) is 24.8 Å². The van der Waals surface area contributed by atoms with Gasteiger partial charge in [-0.1, -0.05) is 0 Å². The maximum atomic E-state index is 5.87. The summed E-state index contributed by atoms with van der Waals surface area (Å²) >= 11 is 3.09. The molecule has 0 unspecified atom stereocenters. The van der Waals surface area contributed by atoms with Gasteiger partial charge in [-0.3, -0.25) is 0 Å². The zero-order valence-corrected chi connectivity index (χ0v) is 12.3. The molecule has 0 amide bonds. The highest BCUT2D eigenvalue weighted by Crippen LogP contribution is 2.36. The summed E-state index contributed by atoms with van der Waals surface area (Å²) < 4.78 is 1.47. The normalized spacial score (nSPS) is 11.3. The van der Waals surface area contributed by atoms with Crippen molar-refractivity contribution in [3.63, 3.8) is 0 Å². The Kier molecular flexibility index (Phi) is 2.90. The van der Waals surface area contributed by atoms with Gasteiger partial charge in [-0.15, -0.1) is 21.5 Å². The fraction of sp³-hybridized carbons (Fsp3) is 0.273. The van der Waals surface area contributed by atoms with E-state index >= 15 is 0 Å². The van der Waals surface area contributed by atoms with E-state index in [9.17, 15) is 0 Å². The molecule has 0 aliphatic heterocycles. The van der Waals surface area contributed by atoms with E-state index < -0.39 is 0 Å². The van der Waals surface area contributed by atoms with Crippen molar-refractivity contribution >= 4 is 33.3 Å². The van der Waals surface area contributed by atoms with Gasteiger partial charge in [0.1, 0.15) is 22.0 Å². The van der Waals surface area contributed by atoms with Crippen LogP contribution in [0, 0.1) is 20.8 Å². The Morgan fingerprint density at radius 3 is 2.68 bits per heavy atom. The Hall–Kier alpha value is -1.67. The molecular weight excluding hydrogens is 280 g/mol. The number of hydrogen-bond acceptors (Lipinski definition) is 7. The lowest BCUT2D eigenvalue weighted by Gasteiger charge is -2.02. The van der Waals surface area contributed by atoms with Gasteiger partial charge in [0.05, 0.1) is 0 Å². The van der Waals surface area contributed by atoms with Crippen LogP contribution in [0.4, 0.5) is 0 Å². The number of fused-ring (bicyclic) bond motifs is 1. The first-order chi connectivity index (χ1) is 9.08. The van der Waals surface area contributed by atoms with Crippen LogP contribution in [0.3, 0.4) is 0 Å². The smallest absolute Gasteiger partial charge is 0.216 e. The quantitative estimate of drug-likeness (QED) is 0.575. The van der Waals surface area contributed by atoms with Crippen molar-refractivity contribution in [2.45, 2.75) is 31.0 Å². The summed E-state index contributed by atoms with van der Waals surface area (Å²) in [4.78, 5) is 10.9. The van der Waals surface area contributed by atoms with Gasteiger partial charge in [-0.25, -0.2) is 14.6 Å². The number of nitrogens with zero attached hydrogens (tertiary/aromatic N) is 5. The van der Waals surface area contributed by atoms with E-state index in [1.54, 1.807) is 17.7 Å². The van der Waals surface area contributed by atoms with E-state index in [-0.39, 0.29) is 0 Å². The summed E-state index contributed by atoms with van der Waals surface area (Å²) in [5.41, 5.74) is 1.21. The third kappa shape index (κ3) is 1.96. The second-order valence-electron chi connectivity index (χ2n) is 4.14. The van der Waals surface area contributed by atoms with Crippen molar-refractivity contribution in [3.8, 4) is 0 Å². The predicted molar refractivity (Wildman–Crippen MR) is 75.9 cm³/mol. The number of nitrogen functional groups attached to an aromatic ring is 1. The lowest BCUT2D eigenvalue weighted by atomic mass is 10.2. The van der Waals surface area contributed by atoms with E-state index in [4.69, 9.17) is 5.84 Å². The third-order valence-corrected chi connectivity index (χ3v) is 5.03. The molecule has 3 aromatic rings. The first-order valence-electron chi connectivity index (χ1n) is 5.63. The average molecular weight is 292 g/mol. The zero-order chi connectivity index (χ0) is 13.6. The van der Waals surface area contributed by atoms with Crippen LogP contribution in [0.1, 0.15) is 16.3 Å². The highest BCUT2D eigenvalue weighted by atomic mass is 32.2. The summed E-state index contributed by atoms with van der Waals surface area (Å²) in [7, 11) is 0. The van der Waals surface area contributed by atoms with Gasteiger partial charge in [0.15, 0.2) is 0 Å². The van der Waals surface area contributed by atoms with Crippen LogP contribution in [0.15, 0.2) is 16.5 Å². The monoisotopic (exact) mass is 292 g/mol. The number of aromatic nitrogens is 5. The molecule has 0 aromatic carbocycles. The summed E-state index contributed by atoms with van der Waals surface area (Å²) in [6.07, 6.45) is 1.57. The highest BCUT2D eigenvalue weighted by Gasteiger charge is 2.15. The second-order valence-corrected chi connectivity index (χ2v) is 6.30. The molecule has 3 rings (SSSR count). The number of thiophene rings is 1. The maximum Gasteiger partial charge on any atom is 0.216 e. The minimum atomic E-state index is 0.626. The maximum absolute atomic E-state index is 5.87. The van der Waals surface area contributed by atoms with Crippen LogP contribution in [0.25, 0.3) is 10.2 Å². The topological polar surface area (TPSA) is 82.5 Å². The number of aryl methyl sites for hydroxylation is 3. The first kappa shape index (κ1) is 12.4. The molecule has 0 aliphatic rings. The largest absolute Gasteiger partial charge is 0.336 e. The van der Waals surface area contributed by atoms with Gasteiger partial charge >= 0.3 is 0 Å². The molecule has 19 heavy (non-hydrogen) atoms. The van der Waals surface area contributed by atoms with E-state index in [1.807, 2.05) is 6.92 Å². The average Bonchev–Trinajstić information content (AvgIpc) is 2.85. The van der Waals surface area contributed by atoms with Crippen molar-refractivity contribution < 1.29 is 0 Å². The van der Waals surface area contributed by atoms with Crippen LogP contribution >= 0.6 is 23.1 Å². The molecule has 0 radical (unpaired) electrons. The standard InChI is InChI=1S/C11H12N6S2/c1-5-6(2)18-9-8(5)10(14-4-13-9)19-11-16-15-7(3)17(11)12/h4H,12H2,1-3H3. The minimum absolute atomic E-state index is 0.626. The van der Waals surface area contributed by atoms with Gasteiger partial charge < -0.3 is 5.84 Å². The second kappa shape index (κ2) is 4.46. The molecular formula is C11H12N6S2. The Morgan fingerprint density at radius 1 is 1.21 bits per heavy atom. The van der Waals surface area contributed by atoms with Gasteiger partial charge in [0, 0.05) is 10.3 Å². The molecule has 3 heterocycles. The van der Waals surface area contributed by atoms with Crippen LogP contribution in [0.5, 0.6) is 0 Å². The Morgan fingerprint density at radius 2 is 2.00 bits per heavy atom. The van der Waals surface area contributed by atoms with Crippen LogP contribution < -0.4 is 5.84 Å². The molecule has 3 aromatic heterocycles. The molecule has 98 valence electrons. The molecule has 0 atom stereocenters. The molecule has 0 saturated carbocycles. The van der Waals surface area contributed by atoms with E-state index in [0.29, 0.717) is 11.0 Å². The summed E-state index contributed by atoms with van der Waals surface area (Å²) in [5, 5.41) is 10.6. The van der Waals surface area contributed by atoms with Crippen molar-refractivity contribution in [1.29, 1.82) is 0 Å². The Balaban J connectivity index is 2.13. The van der Waals surface area contributed by atoms with E-state index in [0.717, 1.165) is 15.2 Å². The van der Waals surface area contributed by atoms with Crippen molar-refractivity contribution in [2.24, 2.45) is 0 Å². The minimum Gasteiger partial charge on any atom is -0.336 e. The Bertz CT molecular complexity index is 760. The van der Waals surface area contributed by atoms with Gasteiger partial charge in [0.25, 0.3) is 0 Å². The van der Waals surface area contributed by atoms with Crippen molar-refractivity contribution in [1.82, 2.24) is 24.8 Å². The zero-order valence-electron chi connectivity index (χ0n) is 10.7. The molecule has 0 bridgehead atoms. The molecule has 8 heteroatoms. The number of nitrogens with two attached hydrogens (primary N) is 1. The lowest BCUT2D eigenvalue weighted by molar-refractivity contribution is 0.824. The van der Waals surface area contributed by atoms with Gasteiger partial charge in [0.2, 0.25) is 5.16 Å². The summed E-state index contributed by atoms with van der Waals surface area (Å²) in [6.45, 7) is 5.98. The summed E-state index contributed by atoms with van der Waals surface area (Å²) in [5.74, 6) is 6.54. The number of rotatable bonds is 2. The van der Waals surface area contributed by atoms with Crippen molar-refractivity contribution in [2.75, 3.05) is 5.84 Å². The fourth-order valence-corrected chi connectivity index (χ4v) is 3.73. The molecule has 6 nitrogen and oxygen atoms in total. The summed E-state index contributed by atoms with van der Waals surface area (Å²) in [6, 6.07) is 0. The van der Waals surface area contributed by atoms with Crippen LogP contribution in [-0.2, 0) is 0 Å². The SMILES string of the molecule is Cc1sc2ncnc(Sc3nnc(C)n3N)c2c1C. The molecule has 2 N–H and O–H groups in total. The molecule has 0 aliphatic carbocycles. The van der Waals surface area contributed by atoms with Gasteiger partial charge in [-0.05, 0) is 38.1 Å². The molecule has 0 fully saturated rings. The highest BCUT2D eigenvalue weighted by molar-refractivity contribution is 7.99. The molecule has 0 spiro atoms. The van der Waals surface area contributed by atoms with E-state index in [1.165, 1.54) is 26.9 Å². The number of hydrogen-bond donors (Lipinski definition) is 1. The van der Waals surface area contributed by atoms with Crippen LogP contribution in [0.2, 0.25) is 0 Å². The van der Waals surface area contributed by atoms with Crippen molar-refractivity contribution in [3.05, 3.63) is 22.6 Å². The molecule has 0 saturated heterocycles. The fourth-order valence-electron chi connectivity index (χ4n) is 1.73. The lowest BCUT2D eigenvalue weighted by Crippen LogP contribution is -2.11. The first-order valence-corrected chi connectivity index (χ1v) is 7.27. The third-order valence-electron chi connectivity index (χ3n) is 2.95. The van der Waals surface area contributed by atoms with Gasteiger partial charge in [-0.2, -0.15) is 0 Å². The van der Waals surface area contributed by atoms with E-state index in [2.05, 4.69) is 34.0 Å².